The monoisotopic (exact) mass is 270 g/mol. The fourth-order valence-electron chi connectivity index (χ4n) is 2.77. The maximum Gasteiger partial charge on any atom is 0.131 e. The number of nitrogens with two attached hydrogens (primary N) is 1. The van der Waals surface area contributed by atoms with Gasteiger partial charge in [0.25, 0.3) is 0 Å². The van der Waals surface area contributed by atoms with E-state index in [0.717, 1.165) is 35.8 Å². The highest BCUT2D eigenvalue weighted by Gasteiger charge is 2.23. The fourth-order valence-corrected chi connectivity index (χ4v) is 3.01. The first kappa shape index (κ1) is 13.8. The topological polar surface area (TPSA) is 47.1 Å². The lowest BCUT2D eigenvalue weighted by molar-refractivity contribution is 0.176. The summed E-state index contributed by atoms with van der Waals surface area (Å²) in [4.78, 5) is 2.39. The first-order valence-corrected chi connectivity index (χ1v) is 7.00. The van der Waals surface area contributed by atoms with Crippen LogP contribution in [0.5, 0.6) is 0 Å². The summed E-state index contributed by atoms with van der Waals surface area (Å²) in [5.74, 6) is 0. The smallest absolute Gasteiger partial charge is 0.131 e. The molecule has 2 rings (SSSR count). The van der Waals surface area contributed by atoms with E-state index in [1.54, 1.807) is 4.68 Å². The lowest BCUT2D eigenvalue weighted by Gasteiger charge is -2.33. The predicted molar refractivity (Wildman–Crippen MR) is 74.7 cm³/mol. The molecule has 0 amide bonds. The SMILES string of the molecule is Cc1nn(C)c(Cl)c1CN(C)C1CCC(N)CC1. The highest BCUT2D eigenvalue weighted by Crippen LogP contribution is 2.25. The summed E-state index contributed by atoms with van der Waals surface area (Å²) in [5, 5.41) is 5.12. The number of aromatic nitrogens is 2. The molecule has 0 unspecified atom stereocenters. The standard InChI is InChI=1S/C13H23ClN4/c1-9-12(13(14)18(3)16-9)8-17(2)11-6-4-10(15)5-7-11/h10-11H,4-8,15H2,1-3H3. The van der Waals surface area contributed by atoms with Gasteiger partial charge in [-0.3, -0.25) is 9.58 Å². The Labute approximate surface area is 114 Å². The van der Waals surface area contributed by atoms with Gasteiger partial charge >= 0.3 is 0 Å². The summed E-state index contributed by atoms with van der Waals surface area (Å²) in [5.41, 5.74) is 8.13. The third kappa shape index (κ3) is 2.87. The quantitative estimate of drug-likeness (QED) is 0.915. The van der Waals surface area contributed by atoms with E-state index in [9.17, 15) is 0 Å². The van der Waals surface area contributed by atoms with Gasteiger partial charge in [0.05, 0.1) is 5.69 Å². The summed E-state index contributed by atoms with van der Waals surface area (Å²) in [6.45, 7) is 2.89. The van der Waals surface area contributed by atoms with Gasteiger partial charge in [-0.05, 0) is 39.7 Å². The van der Waals surface area contributed by atoms with Crippen molar-refractivity contribution < 1.29 is 0 Å². The molecule has 1 fully saturated rings. The van der Waals surface area contributed by atoms with Gasteiger partial charge in [-0.2, -0.15) is 5.10 Å². The second kappa shape index (κ2) is 5.59. The predicted octanol–water partition coefficient (Wildman–Crippen LogP) is 2.08. The molecule has 0 aromatic carbocycles. The van der Waals surface area contributed by atoms with Crippen LogP contribution in [0, 0.1) is 6.92 Å². The maximum absolute atomic E-state index is 6.27. The number of nitrogens with zero attached hydrogens (tertiary/aromatic N) is 3. The number of hydrogen-bond acceptors (Lipinski definition) is 3. The van der Waals surface area contributed by atoms with E-state index in [4.69, 9.17) is 17.3 Å². The molecule has 0 aliphatic heterocycles. The van der Waals surface area contributed by atoms with Crippen molar-refractivity contribution in [2.24, 2.45) is 12.8 Å². The zero-order valence-electron chi connectivity index (χ0n) is 11.5. The Morgan fingerprint density at radius 3 is 2.50 bits per heavy atom. The van der Waals surface area contributed by atoms with Crippen molar-refractivity contribution in [1.29, 1.82) is 0 Å². The van der Waals surface area contributed by atoms with E-state index in [1.807, 2.05) is 14.0 Å². The Balaban J connectivity index is 2.00. The van der Waals surface area contributed by atoms with E-state index < -0.39 is 0 Å². The van der Waals surface area contributed by atoms with Gasteiger partial charge in [-0.15, -0.1) is 0 Å². The largest absolute Gasteiger partial charge is 0.328 e. The van der Waals surface area contributed by atoms with Gasteiger partial charge in [0.15, 0.2) is 0 Å². The van der Waals surface area contributed by atoms with Crippen molar-refractivity contribution in [2.75, 3.05) is 7.05 Å². The Kier molecular flexibility index (Phi) is 4.30. The zero-order valence-corrected chi connectivity index (χ0v) is 12.2. The Morgan fingerprint density at radius 2 is 2.00 bits per heavy atom. The second-order valence-corrected chi connectivity index (χ2v) is 5.82. The summed E-state index contributed by atoms with van der Waals surface area (Å²) < 4.78 is 1.75. The molecule has 4 nitrogen and oxygen atoms in total. The first-order chi connectivity index (χ1) is 8.49. The van der Waals surface area contributed by atoms with Crippen LogP contribution in [-0.4, -0.2) is 33.8 Å². The van der Waals surface area contributed by atoms with Gasteiger partial charge in [0.2, 0.25) is 0 Å². The lowest BCUT2D eigenvalue weighted by Crippen LogP contribution is -2.38. The van der Waals surface area contributed by atoms with Crippen LogP contribution in [0.1, 0.15) is 36.9 Å². The molecule has 2 N–H and O–H groups in total. The molecule has 1 aliphatic rings. The van der Waals surface area contributed by atoms with E-state index >= 15 is 0 Å². The number of halogens is 1. The third-order valence-electron chi connectivity index (χ3n) is 4.04. The van der Waals surface area contributed by atoms with Crippen LogP contribution in [0.15, 0.2) is 0 Å². The van der Waals surface area contributed by atoms with Crippen LogP contribution >= 0.6 is 11.6 Å². The van der Waals surface area contributed by atoms with Crippen molar-refractivity contribution in [3.05, 3.63) is 16.4 Å². The molecule has 5 heteroatoms. The minimum Gasteiger partial charge on any atom is -0.328 e. The number of hydrogen-bond donors (Lipinski definition) is 1. The van der Waals surface area contributed by atoms with Crippen LogP contribution in [0.3, 0.4) is 0 Å². The highest BCUT2D eigenvalue weighted by atomic mass is 35.5. The molecule has 18 heavy (non-hydrogen) atoms. The minimum absolute atomic E-state index is 0.401. The molecule has 0 saturated heterocycles. The minimum atomic E-state index is 0.401. The van der Waals surface area contributed by atoms with E-state index in [2.05, 4.69) is 17.0 Å². The highest BCUT2D eigenvalue weighted by molar-refractivity contribution is 6.30. The normalized spacial score (nSPS) is 24.8. The molecule has 1 heterocycles. The molecule has 1 aliphatic carbocycles. The average molecular weight is 271 g/mol. The molecule has 0 radical (unpaired) electrons. The Hall–Kier alpha value is -0.580. The maximum atomic E-state index is 6.27. The van der Waals surface area contributed by atoms with E-state index in [0.29, 0.717) is 12.1 Å². The van der Waals surface area contributed by atoms with E-state index in [1.165, 1.54) is 12.8 Å². The van der Waals surface area contributed by atoms with Gasteiger partial charge in [-0.25, -0.2) is 0 Å². The van der Waals surface area contributed by atoms with Crippen LogP contribution in [-0.2, 0) is 13.6 Å². The van der Waals surface area contributed by atoms with Crippen LogP contribution in [0.25, 0.3) is 0 Å². The molecule has 102 valence electrons. The van der Waals surface area contributed by atoms with Crippen LogP contribution in [0.4, 0.5) is 0 Å². The van der Waals surface area contributed by atoms with Crippen molar-refractivity contribution in [2.45, 2.75) is 51.2 Å². The molecule has 0 atom stereocenters. The summed E-state index contributed by atoms with van der Waals surface area (Å²) in [6.07, 6.45) is 4.65. The molecule has 1 saturated carbocycles. The Bertz CT molecular complexity index is 407. The van der Waals surface area contributed by atoms with Gasteiger partial charge in [0.1, 0.15) is 5.15 Å². The zero-order chi connectivity index (χ0) is 13.3. The molecule has 0 bridgehead atoms. The Morgan fingerprint density at radius 1 is 1.39 bits per heavy atom. The third-order valence-corrected chi connectivity index (χ3v) is 4.51. The van der Waals surface area contributed by atoms with Crippen molar-refractivity contribution in [3.8, 4) is 0 Å². The molecule has 0 spiro atoms. The van der Waals surface area contributed by atoms with Crippen molar-refractivity contribution in [3.63, 3.8) is 0 Å². The summed E-state index contributed by atoms with van der Waals surface area (Å²) >= 11 is 6.27. The molecule has 1 aromatic heterocycles. The fraction of sp³-hybridized carbons (Fsp3) is 0.769. The first-order valence-electron chi connectivity index (χ1n) is 6.62. The summed E-state index contributed by atoms with van der Waals surface area (Å²) in [6, 6.07) is 1.03. The lowest BCUT2D eigenvalue weighted by atomic mass is 9.91. The molecular formula is C13H23ClN4. The number of rotatable bonds is 3. The van der Waals surface area contributed by atoms with Gasteiger partial charge < -0.3 is 5.73 Å². The number of aryl methyl sites for hydroxylation is 2. The average Bonchev–Trinajstić information content (AvgIpc) is 2.57. The van der Waals surface area contributed by atoms with Crippen LogP contribution < -0.4 is 5.73 Å². The van der Waals surface area contributed by atoms with Crippen molar-refractivity contribution >= 4 is 11.6 Å². The van der Waals surface area contributed by atoms with Gasteiger partial charge in [0, 0.05) is 31.2 Å². The van der Waals surface area contributed by atoms with Gasteiger partial charge in [-0.1, -0.05) is 11.6 Å². The molecular weight excluding hydrogens is 248 g/mol. The van der Waals surface area contributed by atoms with Crippen LogP contribution in [0.2, 0.25) is 5.15 Å². The summed E-state index contributed by atoms with van der Waals surface area (Å²) in [7, 11) is 4.06. The molecule has 1 aromatic rings. The second-order valence-electron chi connectivity index (χ2n) is 5.46. The van der Waals surface area contributed by atoms with Crippen molar-refractivity contribution in [1.82, 2.24) is 14.7 Å². The van der Waals surface area contributed by atoms with E-state index in [-0.39, 0.29) is 0 Å².